The molecule has 4 nitrogen and oxygen atoms in total. The molecule has 0 amide bonds. The van der Waals surface area contributed by atoms with Crippen molar-refractivity contribution in [1.82, 2.24) is 10.2 Å². The number of carbonyl (C=O) groups is 1. The van der Waals surface area contributed by atoms with Gasteiger partial charge >= 0.3 is 5.97 Å². The lowest BCUT2D eigenvalue weighted by molar-refractivity contribution is -0.145. The third-order valence-electron chi connectivity index (χ3n) is 4.05. The minimum absolute atomic E-state index is 0.0379. The second-order valence-corrected chi connectivity index (χ2v) is 5.95. The number of hydrogen-bond donors (Lipinski definition) is 1. The minimum atomic E-state index is -0.0379. The third-order valence-corrected chi connectivity index (χ3v) is 4.05. The molecule has 0 radical (unpaired) electrons. The fourth-order valence-corrected chi connectivity index (χ4v) is 2.74. The maximum Gasteiger partial charge on any atom is 0.320 e. The summed E-state index contributed by atoms with van der Waals surface area (Å²) in [7, 11) is 0. The SMILES string of the molecule is CCCCOC(=O)CN(CC1CCCNC1)C1CC1. The molecule has 1 unspecified atom stereocenters. The smallest absolute Gasteiger partial charge is 0.320 e. The van der Waals surface area contributed by atoms with Gasteiger partial charge in [0, 0.05) is 12.6 Å². The van der Waals surface area contributed by atoms with Gasteiger partial charge in [0.15, 0.2) is 0 Å². The van der Waals surface area contributed by atoms with E-state index >= 15 is 0 Å². The van der Waals surface area contributed by atoms with E-state index in [-0.39, 0.29) is 5.97 Å². The Morgan fingerprint density at radius 2 is 2.21 bits per heavy atom. The molecule has 1 heterocycles. The molecule has 1 N–H and O–H groups in total. The van der Waals surface area contributed by atoms with Crippen LogP contribution in [0.3, 0.4) is 0 Å². The van der Waals surface area contributed by atoms with Crippen molar-refractivity contribution in [3.8, 4) is 0 Å². The normalized spacial score (nSPS) is 23.6. The van der Waals surface area contributed by atoms with E-state index in [1.165, 1.54) is 25.7 Å². The predicted octanol–water partition coefficient (Wildman–Crippen LogP) is 1.79. The summed E-state index contributed by atoms with van der Waals surface area (Å²) in [5.41, 5.74) is 0. The number of nitrogens with one attached hydrogen (secondary N) is 1. The molecule has 2 aliphatic rings. The maximum atomic E-state index is 11.8. The minimum Gasteiger partial charge on any atom is -0.465 e. The Bertz CT molecular complexity index is 273. The number of carbonyl (C=O) groups excluding carboxylic acids is 1. The lowest BCUT2D eigenvalue weighted by Crippen LogP contribution is -2.41. The maximum absolute atomic E-state index is 11.8. The molecule has 19 heavy (non-hydrogen) atoms. The zero-order valence-corrected chi connectivity index (χ0v) is 12.2. The van der Waals surface area contributed by atoms with Gasteiger partial charge in [-0.3, -0.25) is 9.69 Å². The number of esters is 1. The van der Waals surface area contributed by atoms with Crippen LogP contribution in [0.1, 0.15) is 45.4 Å². The van der Waals surface area contributed by atoms with Gasteiger partial charge in [-0.25, -0.2) is 0 Å². The number of ether oxygens (including phenoxy) is 1. The van der Waals surface area contributed by atoms with Crippen LogP contribution in [0.5, 0.6) is 0 Å². The molecule has 110 valence electrons. The quantitative estimate of drug-likeness (QED) is 0.538. The van der Waals surface area contributed by atoms with Crippen LogP contribution in [0.25, 0.3) is 0 Å². The van der Waals surface area contributed by atoms with E-state index in [2.05, 4.69) is 17.1 Å². The summed E-state index contributed by atoms with van der Waals surface area (Å²) in [5, 5.41) is 3.45. The average Bonchev–Trinajstić information content (AvgIpc) is 3.24. The molecule has 1 saturated carbocycles. The highest BCUT2D eigenvalue weighted by Gasteiger charge is 2.32. The zero-order valence-electron chi connectivity index (χ0n) is 12.2. The van der Waals surface area contributed by atoms with Crippen molar-refractivity contribution in [3.05, 3.63) is 0 Å². The summed E-state index contributed by atoms with van der Waals surface area (Å²) in [4.78, 5) is 14.2. The van der Waals surface area contributed by atoms with Gasteiger partial charge in [0.2, 0.25) is 0 Å². The van der Waals surface area contributed by atoms with Gasteiger partial charge in [-0.05, 0) is 51.1 Å². The van der Waals surface area contributed by atoms with E-state index in [1.807, 2.05) is 0 Å². The molecule has 1 aliphatic carbocycles. The first kappa shape index (κ1) is 14.8. The number of rotatable bonds is 8. The van der Waals surface area contributed by atoms with Crippen LogP contribution >= 0.6 is 0 Å². The first-order valence-electron chi connectivity index (χ1n) is 7.90. The number of nitrogens with zero attached hydrogens (tertiary/aromatic N) is 1. The standard InChI is InChI=1S/C15H28N2O2/c1-2-3-9-19-15(18)12-17(14-6-7-14)11-13-5-4-8-16-10-13/h13-14,16H,2-12H2,1H3. The molecule has 0 bridgehead atoms. The Kier molecular flexibility index (Phi) is 6.11. The van der Waals surface area contributed by atoms with E-state index in [9.17, 15) is 4.79 Å². The predicted molar refractivity (Wildman–Crippen MR) is 76.1 cm³/mol. The monoisotopic (exact) mass is 268 g/mol. The molecule has 0 aromatic rings. The summed E-state index contributed by atoms with van der Waals surface area (Å²) in [5.74, 6) is 0.668. The fourth-order valence-electron chi connectivity index (χ4n) is 2.74. The fraction of sp³-hybridized carbons (Fsp3) is 0.933. The molecule has 0 aromatic carbocycles. The molecule has 1 saturated heterocycles. The van der Waals surface area contributed by atoms with E-state index in [0.29, 0.717) is 25.1 Å². The van der Waals surface area contributed by atoms with E-state index in [1.54, 1.807) is 0 Å². The third kappa shape index (κ3) is 5.49. The lowest BCUT2D eigenvalue weighted by atomic mass is 9.99. The molecule has 2 rings (SSSR count). The highest BCUT2D eigenvalue weighted by Crippen LogP contribution is 2.28. The second kappa shape index (κ2) is 7.85. The van der Waals surface area contributed by atoms with Gasteiger partial charge in [0.1, 0.15) is 0 Å². The van der Waals surface area contributed by atoms with Crippen molar-refractivity contribution < 1.29 is 9.53 Å². The zero-order chi connectivity index (χ0) is 13.5. The number of hydrogen-bond acceptors (Lipinski definition) is 4. The van der Waals surface area contributed by atoms with Crippen LogP contribution in [0, 0.1) is 5.92 Å². The van der Waals surface area contributed by atoms with Crippen molar-refractivity contribution in [3.63, 3.8) is 0 Å². The highest BCUT2D eigenvalue weighted by molar-refractivity contribution is 5.71. The molecule has 1 atom stereocenters. The summed E-state index contributed by atoms with van der Waals surface area (Å²) in [6.07, 6.45) is 7.12. The second-order valence-electron chi connectivity index (χ2n) is 5.95. The molecular formula is C15H28N2O2. The van der Waals surface area contributed by atoms with Crippen molar-refractivity contribution in [2.24, 2.45) is 5.92 Å². The Labute approximate surface area is 116 Å². The molecule has 1 aliphatic heterocycles. The largest absolute Gasteiger partial charge is 0.465 e. The van der Waals surface area contributed by atoms with E-state index < -0.39 is 0 Å². The highest BCUT2D eigenvalue weighted by atomic mass is 16.5. The number of piperidine rings is 1. The summed E-state index contributed by atoms with van der Waals surface area (Å²) in [6.45, 7) is 6.50. The van der Waals surface area contributed by atoms with Crippen LogP contribution < -0.4 is 5.32 Å². The first-order chi connectivity index (χ1) is 9.29. The summed E-state index contributed by atoms with van der Waals surface area (Å²) >= 11 is 0. The van der Waals surface area contributed by atoms with Crippen LogP contribution in [0.2, 0.25) is 0 Å². The van der Waals surface area contributed by atoms with Gasteiger partial charge in [-0.15, -0.1) is 0 Å². The van der Waals surface area contributed by atoms with Crippen LogP contribution in [0.4, 0.5) is 0 Å². The topological polar surface area (TPSA) is 41.6 Å². The van der Waals surface area contributed by atoms with E-state index in [4.69, 9.17) is 4.74 Å². The lowest BCUT2D eigenvalue weighted by Gasteiger charge is -2.29. The molecule has 0 spiro atoms. The first-order valence-corrected chi connectivity index (χ1v) is 7.90. The van der Waals surface area contributed by atoms with Crippen LogP contribution in [0.15, 0.2) is 0 Å². The van der Waals surface area contributed by atoms with Crippen LogP contribution in [-0.4, -0.2) is 49.7 Å². The Balaban J connectivity index is 1.71. The summed E-state index contributed by atoms with van der Waals surface area (Å²) < 4.78 is 5.28. The van der Waals surface area contributed by atoms with E-state index in [0.717, 1.165) is 32.5 Å². The van der Waals surface area contributed by atoms with Gasteiger partial charge in [-0.2, -0.15) is 0 Å². The van der Waals surface area contributed by atoms with Crippen molar-refractivity contribution in [2.75, 3.05) is 32.8 Å². The Morgan fingerprint density at radius 3 is 2.84 bits per heavy atom. The van der Waals surface area contributed by atoms with Gasteiger partial charge < -0.3 is 10.1 Å². The molecule has 4 heteroatoms. The van der Waals surface area contributed by atoms with Gasteiger partial charge in [-0.1, -0.05) is 13.3 Å². The molecule has 2 fully saturated rings. The Morgan fingerprint density at radius 1 is 1.37 bits per heavy atom. The number of unbranched alkanes of at least 4 members (excludes halogenated alkanes) is 1. The molecular weight excluding hydrogens is 240 g/mol. The summed E-state index contributed by atoms with van der Waals surface area (Å²) in [6, 6.07) is 0.639. The van der Waals surface area contributed by atoms with Crippen LogP contribution in [-0.2, 0) is 9.53 Å². The van der Waals surface area contributed by atoms with Crippen molar-refractivity contribution in [1.29, 1.82) is 0 Å². The van der Waals surface area contributed by atoms with Crippen molar-refractivity contribution in [2.45, 2.75) is 51.5 Å². The van der Waals surface area contributed by atoms with Gasteiger partial charge in [0.25, 0.3) is 0 Å². The van der Waals surface area contributed by atoms with Crippen molar-refractivity contribution >= 4 is 5.97 Å². The molecule has 0 aromatic heterocycles. The Hall–Kier alpha value is -0.610. The van der Waals surface area contributed by atoms with Gasteiger partial charge in [0.05, 0.1) is 13.2 Å². The average molecular weight is 268 g/mol.